The first-order valence-corrected chi connectivity index (χ1v) is 6.95. The summed E-state index contributed by atoms with van der Waals surface area (Å²) in [6.45, 7) is 0.927. The molecule has 0 aliphatic rings. The van der Waals surface area contributed by atoms with E-state index in [-0.39, 0.29) is 6.07 Å². The standard InChI is InChI=1S/C15H8BrF7/c1-7-6-10(17)11(13(19)12(7)18)15(22,23)14(20,21)8-2-4-9(16)5-3-8/h2-6H,1H3. The minimum absolute atomic E-state index is 0.249. The number of rotatable bonds is 3. The van der Waals surface area contributed by atoms with Crippen LogP contribution in [0, 0.1) is 24.4 Å². The Morgan fingerprint density at radius 2 is 1.35 bits per heavy atom. The molecular weight excluding hydrogens is 393 g/mol. The fourth-order valence-corrected chi connectivity index (χ4v) is 2.26. The Labute approximate surface area is 135 Å². The van der Waals surface area contributed by atoms with Crippen molar-refractivity contribution < 1.29 is 30.7 Å². The Bertz CT molecular complexity index is 738. The summed E-state index contributed by atoms with van der Waals surface area (Å²) in [5, 5.41) is 0. The van der Waals surface area contributed by atoms with Crippen molar-refractivity contribution >= 4 is 15.9 Å². The minimum atomic E-state index is -5.29. The van der Waals surface area contributed by atoms with Gasteiger partial charge < -0.3 is 0 Å². The predicted octanol–water partition coefficient (Wildman–Crippen LogP) is 6.06. The number of hydrogen-bond acceptors (Lipinski definition) is 0. The van der Waals surface area contributed by atoms with Crippen LogP contribution in [0.3, 0.4) is 0 Å². The Kier molecular flexibility index (Phi) is 4.49. The third-order valence-corrected chi connectivity index (χ3v) is 3.78. The SMILES string of the molecule is Cc1cc(F)c(C(F)(F)C(F)(F)c2ccc(Br)cc2)c(F)c1F. The first-order chi connectivity index (χ1) is 10.5. The van der Waals surface area contributed by atoms with Gasteiger partial charge in [0.25, 0.3) is 0 Å². The van der Waals surface area contributed by atoms with Gasteiger partial charge in [-0.1, -0.05) is 28.1 Å². The Balaban J connectivity index is 2.66. The van der Waals surface area contributed by atoms with E-state index >= 15 is 0 Å². The molecule has 0 aromatic heterocycles. The Hall–Kier alpha value is -1.57. The first kappa shape index (κ1) is 17.8. The summed E-state index contributed by atoms with van der Waals surface area (Å²) in [4.78, 5) is 0. The number of aryl methyl sites for hydroxylation is 1. The van der Waals surface area contributed by atoms with Crippen LogP contribution in [0.15, 0.2) is 34.8 Å². The van der Waals surface area contributed by atoms with Gasteiger partial charge in [0, 0.05) is 10.0 Å². The fourth-order valence-electron chi connectivity index (χ4n) is 2.00. The minimum Gasteiger partial charge on any atom is -0.206 e. The van der Waals surface area contributed by atoms with E-state index in [1.165, 1.54) is 0 Å². The molecule has 0 unspecified atom stereocenters. The lowest BCUT2D eigenvalue weighted by Crippen LogP contribution is -2.37. The molecule has 0 aliphatic carbocycles. The molecule has 8 heteroatoms. The molecule has 0 saturated carbocycles. The maximum Gasteiger partial charge on any atom is 0.345 e. The first-order valence-electron chi connectivity index (χ1n) is 6.16. The molecule has 0 saturated heterocycles. The largest absolute Gasteiger partial charge is 0.345 e. The predicted molar refractivity (Wildman–Crippen MR) is 73.0 cm³/mol. The average molecular weight is 401 g/mol. The molecular formula is C15H8BrF7. The fraction of sp³-hybridized carbons (Fsp3) is 0.200. The number of benzene rings is 2. The van der Waals surface area contributed by atoms with Gasteiger partial charge in [-0.25, -0.2) is 13.2 Å². The number of hydrogen-bond donors (Lipinski definition) is 0. The van der Waals surface area contributed by atoms with Crippen LogP contribution in [0.1, 0.15) is 16.7 Å². The van der Waals surface area contributed by atoms with Crippen molar-refractivity contribution in [3.8, 4) is 0 Å². The zero-order valence-electron chi connectivity index (χ0n) is 11.4. The van der Waals surface area contributed by atoms with Gasteiger partial charge in [0.05, 0.1) is 0 Å². The van der Waals surface area contributed by atoms with Crippen LogP contribution < -0.4 is 0 Å². The van der Waals surface area contributed by atoms with Crippen molar-refractivity contribution in [2.45, 2.75) is 18.8 Å². The highest BCUT2D eigenvalue weighted by molar-refractivity contribution is 9.10. The van der Waals surface area contributed by atoms with Gasteiger partial charge >= 0.3 is 11.8 Å². The summed E-state index contributed by atoms with van der Waals surface area (Å²) in [6.07, 6.45) is 0. The van der Waals surface area contributed by atoms with Crippen LogP contribution in [-0.2, 0) is 11.8 Å². The summed E-state index contributed by atoms with van der Waals surface area (Å²) >= 11 is 2.95. The maximum absolute atomic E-state index is 14.1. The van der Waals surface area contributed by atoms with Gasteiger partial charge in [-0.15, -0.1) is 0 Å². The molecule has 2 rings (SSSR count). The molecule has 0 bridgehead atoms. The molecule has 2 aromatic carbocycles. The van der Waals surface area contributed by atoms with Crippen LogP contribution in [0.5, 0.6) is 0 Å². The van der Waals surface area contributed by atoms with E-state index in [1.807, 2.05) is 0 Å². The highest BCUT2D eigenvalue weighted by Crippen LogP contribution is 2.51. The normalized spacial score (nSPS) is 12.6. The van der Waals surface area contributed by atoms with Gasteiger partial charge in [0.1, 0.15) is 11.4 Å². The monoisotopic (exact) mass is 400 g/mol. The van der Waals surface area contributed by atoms with E-state index in [0.717, 1.165) is 19.1 Å². The summed E-state index contributed by atoms with van der Waals surface area (Å²) in [5.41, 5.74) is -4.06. The van der Waals surface area contributed by atoms with Crippen molar-refractivity contribution in [3.05, 3.63) is 68.9 Å². The summed E-state index contributed by atoms with van der Waals surface area (Å²) in [6, 6.07) is 3.75. The molecule has 0 aliphatic heterocycles. The molecule has 0 heterocycles. The van der Waals surface area contributed by atoms with Crippen LogP contribution in [0.25, 0.3) is 0 Å². The summed E-state index contributed by atoms with van der Waals surface area (Å²) in [5.74, 6) is -16.3. The van der Waals surface area contributed by atoms with E-state index < -0.39 is 46.0 Å². The molecule has 0 nitrogen and oxygen atoms in total. The van der Waals surface area contributed by atoms with Crippen molar-refractivity contribution in [2.75, 3.05) is 0 Å². The quantitative estimate of drug-likeness (QED) is 0.434. The molecule has 0 amide bonds. The molecule has 0 spiro atoms. The zero-order chi connectivity index (χ0) is 17.6. The van der Waals surface area contributed by atoms with Crippen molar-refractivity contribution in [2.24, 2.45) is 0 Å². The molecule has 0 radical (unpaired) electrons. The van der Waals surface area contributed by atoms with E-state index in [4.69, 9.17) is 0 Å². The lowest BCUT2D eigenvalue weighted by atomic mass is 9.94. The lowest BCUT2D eigenvalue weighted by molar-refractivity contribution is -0.226. The van der Waals surface area contributed by atoms with E-state index in [2.05, 4.69) is 15.9 Å². The molecule has 0 N–H and O–H groups in total. The molecule has 0 fully saturated rings. The van der Waals surface area contributed by atoms with Gasteiger partial charge in [0.15, 0.2) is 11.6 Å². The van der Waals surface area contributed by atoms with Gasteiger partial charge in [0.2, 0.25) is 0 Å². The summed E-state index contributed by atoms with van der Waals surface area (Å²) in [7, 11) is 0. The van der Waals surface area contributed by atoms with Crippen LogP contribution in [0.2, 0.25) is 0 Å². The second-order valence-corrected chi connectivity index (χ2v) is 5.75. The van der Waals surface area contributed by atoms with Crippen molar-refractivity contribution in [3.63, 3.8) is 0 Å². The van der Waals surface area contributed by atoms with Crippen LogP contribution >= 0.6 is 15.9 Å². The van der Waals surface area contributed by atoms with E-state index in [0.29, 0.717) is 16.6 Å². The molecule has 124 valence electrons. The Morgan fingerprint density at radius 3 is 1.87 bits per heavy atom. The summed E-state index contributed by atoms with van der Waals surface area (Å²) < 4.78 is 97.7. The second kappa shape index (κ2) is 5.81. The Morgan fingerprint density at radius 1 is 0.826 bits per heavy atom. The average Bonchev–Trinajstić information content (AvgIpc) is 2.45. The molecule has 23 heavy (non-hydrogen) atoms. The smallest absolute Gasteiger partial charge is 0.206 e. The molecule has 0 atom stereocenters. The topological polar surface area (TPSA) is 0 Å². The highest BCUT2D eigenvalue weighted by atomic mass is 79.9. The second-order valence-electron chi connectivity index (χ2n) is 4.83. The van der Waals surface area contributed by atoms with Crippen LogP contribution in [-0.4, -0.2) is 0 Å². The molecule has 2 aromatic rings. The van der Waals surface area contributed by atoms with E-state index in [9.17, 15) is 30.7 Å². The van der Waals surface area contributed by atoms with Crippen LogP contribution in [0.4, 0.5) is 30.7 Å². The van der Waals surface area contributed by atoms with E-state index in [1.54, 1.807) is 0 Å². The highest BCUT2D eigenvalue weighted by Gasteiger charge is 2.61. The van der Waals surface area contributed by atoms with Crippen molar-refractivity contribution in [1.29, 1.82) is 0 Å². The maximum atomic E-state index is 14.1. The lowest BCUT2D eigenvalue weighted by Gasteiger charge is -2.28. The number of alkyl halides is 4. The van der Waals surface area contributed by atoms with Gasteiger partial charge in [-0.3, -0.25) is 0 Å². The number of halogens is 8. The third-order valence-electron chi connectivity index (χ3n) is 3.26. The van der Waals surface area contributed by atoms with Gasteiger partial charge in [-0.05, 0) is 30.7 Å². The third kappa shape index (κ3) is 2.84. The van der Waals surface area contributed by atoms with Crippen molar-refractivity contribution in [1.82, 2.24) is 0 Å². The van der Waals surface area contributed by atoms with Gasteiger partial charge in [-0.2, -0.15) is 17.6 Å². The zero-order valence-corrected chi connectivity index (χ0v) is 13.0.